The number of nitro benzene ring substituents is 1. The summed E-state index contributed by atoms with van der Waals surface area (Å²) in [5.74, 6) is -1.94. The van der Waals surface area contributed by atoms with Crippen molar-refractivity contribution in [1.82, 2.24) is 20.2 Å². The summed E-state index contributed by atoms with van der Waals surface area (Å²) < 4.78 is 1.27. The van der Waals surface area contributed by atoms with Crippen molar-refractivity contribution in [2.45, 2.75) is 6.54 Å². The van der Waals surface area contributed by atoms with Crippen molar-refractivity contribution >= 4 is 39.7 Å². The van der Waals surface area contributed by atoms with Gasteiger partial charge in [0.1, 0.15) is 6.54 Å². The number of phenols is 1. The summed E-state index contributed by atoms with van der Waals surface area (Å²) in [5.41, 5.74) is 1.56. The van der Waals surface area contributed by atoms with Gasteiger partial charge in [0.05, 0.1) is 11.1 Å². The minimum absolute atomic E-state index is 0.00207. The van der Waals surface area contributed by atoms with E-state index in [2.05, 4.69) is 36.5 Å². The molecule has 0 unspecified atom stereocenters. The van der Waals surface area contributed by atoms with Crippen LogP contribution in [-0.2, 0) is 11.3 Å². The molecule has 1 aromatic carbocycles. The van der Waals surface area contributed by atoms with Crippen LogP contribution in [0.2, 0.25) is 0 Å². The van der Waals surface area contributed by atoms with Crippen molar-refractivity contribution in [3.05, 3.63) is 48.7 Å². The summed E-state index contributed by atoms with van der Waals surface area (Å²) in [6, 6.07) is 2.47. The van der Waals surface area contributed by atoms with E-state index in [0.717, 1.165) is 23.3 Å². The Morgan fingerprint density at radius 3 is 2.72 bits per heavy atom. The second-order valence-electron chi connectivity index (χ2n) is 4.41. The van der Waals surface area contributed by atoms with E-state index in [1.807, 2.05) is 0 Å². The zero-order chi connectivity index (χ0) is 18.6. The minimum Gasteiger partial charge on any atom is -0.502 e. The molecule has 0 saturated heterocycles. The third-order valence-electron chi connectivity index (χ3n) is 2.67. The first kappa shape index (κ1) is 17.9. The number of nitrogens with zero attached hydrogens (tertiary/aromatic N) is 6. The molecule has 13 nitrogen and oxygen atoms in total. The highest BCUT2D eigenvalue weighted by Gasteiger charge is 2.18. The van der Waals surface area contributed by atoms with E-state index in [4.69, 9.17) is 0 Å². The zero-order valence-electron chi connectivity index (χ0n) is 12.1. The Kier molecular flexibility index (Phi) is 5.33. The minimum atomic E-state index is -0.810. The van der Waals surface area contributed by atoms with Crippen LogP contribution in [0.25, 0.3) is 0 Å². The molecule has 2 aromatic rings. The van der Waals surface area contributed by atoms with Crippen LogP contribution in [0.3, 0.4) is 0 Å². The highest BCUT2D eigenvalue weighted by molar-refractivity contribution is 9.10. The Balaban J connectivity index is 2.04. The highest BCUT2D eigenvalue weighted by Crippen LogP contribution is 2.32. The van der Waals surface area contributed by atoms with Crippen molar-refractivity contribution < 1.29 is 19.7 Å². The molecule has 0 aliphatic heterocycles. The average molecular weight is 414 g/mol. The molecule has 0 fully saturated rings. The zero-order valence-corrected chi connectivity index (χ0v) is 13.7. The summed E-state index contributed by atoms with van der Waals surface area (Å²) >= 11 is 3.06. The molecule has 0 atom stereocenters. The van der Waals surface area contributed by atoms with Crippen LogP contribution in [0.15, 0.2) is 28.0 Å². The van der Waals surface area contributed by atoms with Crippen molar-refractivity contribution in [2.75, 3.05) is 0 Å². The average Bonchev–Trinajstić information content (AvgIpc) is 2.98. The maximum absolute atomic E-state index is 11.6. The molecule has 1 amide bonds. The molecule has 0 spiro atoms. The van der Waals surface area contributed by atoms with E-state index in [1.54, 1.807) is 0 Å². The van der Waals surface area contributed by atoms with Gasteiger partial charge in [-0.05, 0) is 11.0 Å². The Bertz CT molecular complexity index is 880. The van der Waals surface area contributed by atoms with Gasteiger partial charge >= 0.3 is 11.6 Å². The Hall–Kier alpha value is -3.42. The Morgan fingerprint density at radius 1 is 1.40 bits per heavy atom. The number of hydrogen-bond acceptors (Lipinski definition) is 9. The van der Waals surface area contributed by atoms with Gasteiger partial charge in [0.2, 0.25) is 12.1 Å². The highest BCUT2D eigenvalue weighted by atomic mass is 79.9. The number of halogens is 1. The van der Waals surface area contributed by atoms with Crippen molar-refractivity contribution in [1.29, 1.82) is 0 Å². The van der Waals surface area contributed by atoms with Crippen molar-refractivity contribution in [3.8, 4) is 5.75 Å². The third-order valence-corrected chi connectivity index (χ3v) is 3.12. The number of phenolic OH excluding ortho intramolecular Hbond substituents is 1. The van der Waals surface area contributed by atoms with Gasteiger partial charge < -0.3 is 15.2 Å². The molecule has 14 heteroatoms. The van der Waals surface area contributed by atoms with E-state index in [0.29, 0.717) is 4.47 Å². The van der Waals surface area contributed by atoms with Crippen LogP contribution >= 0.6 is 15.9 Å². The SMILES string of the molecule is O=C(Cn1cnc([N+](=O)[O-])n1)N/N=C/c1cc(Br)cc([N+](=O)[O-])c1O. The fourth-order valence-corrected chi connectivity index (χ4v) is 2.11. The van der Waals surface area contributed by atoms with Crippen LogP contribution in [0, 0.1) is 20.2 Å². The number of hydrogen-bond donors (Lipinski definition) is 2. The number of aromatic hydroxyl groups is 1. The Morgan fingerprint density at radius 2 is 2.12 bits per heavy atom. The van der Waals surface area contributed by atoms with Crippen LogP contribution in [0.4, 0.5) is 11.6 Å². The maximum atomic E-state index is 11.6. The molecule has 130 valence electrons. The van der Waals surface area contributed by atoms with Crippen LogP contribution < -0.4 is 5.43 Å². The first-order chi connectivity index (χ1) is 11.8. The van der Waals surface area contributed by atoms with E-state index in [9.17, 15) is 30.1 Å². The lowest BCUT2D eigenvalue weighted by Crippen LogP contribution is -2.23. The molecule has 0 aliphatic rings. The molecule has 0 aliphatic carbocycles. The number of rotatable bonds is 6. The number of amides is 1. The second kappa shape index (κ2) is 7.43. The van der Waals surface area contributed by atoms with Crippen molar-refractivity contribution in [3.63, 3.8) is 0 Å². The molecule has 1 heterocycles. The van der Waals surface area contributed by atoms with Gasteiger partial charge in [-0.1, -0.05) is 20.9 Å². The van der Waals surface area contributed by atoms with Gasteiger partial charge in [0.25, 0.3) is 5.91 Å². The molecule has 2 rings (SSSR count). The van der Waals surface area contributed by atoms with E-state index < -0.39 is 33.1 Å². The van der Waals surface area contributed by atoms with Gasteiger partial charge in [-0.2, -0.15) is 9.78 Å². The summed E-state index contributed by atoms with van der Waals surface area (Å²) in [4.78, 5) is 34.7. The van der Waals surface area contributed by atoms with Crippen LogP contribution in [-0.4, -0.2) is 41.8 Å². The summed E-state index contributed by atoms with van der Waals surface area (Å²) in [5, 5.41) is 38.0. The largest absolute Gasteiger partial charge is 0.502 e. The lowest BCUT2D eigenvalue weighted by Gasteiger charge is -2.02. The number of hydrazone groups is 1. The van der Waals surface area contributed by atoms with Crippen LogP contribution in [0.5, 0.6) is 5.75 Å². The first-order valence-electron chi connectivity index (χ1n) is 6.30. The predicted octanol–water partition coefficient (Wildman–Crippen LogP) is 0.713. The normalized spacial score (nSPS) is 10.8. The number of carbonyl (C=O) groups is 1. The van der Waals surface area contributed by atoms with E-state index in [1.165, 1.54) is 6.07 Å². The second-order valence-corrected chi connectivity index (χ2v) is 5.33. The summed E-state index contributed by atoms with van der Waals surface area (Å²) in [6.45, 7) is -0.386. The van der Waals surface area contributed by atoms with Crippen LogP contribution in [0.1, 0.15) is 5.56 Å². The molecule has 1 aromatic heterocycles. The first-order valence-corrected chi connectivity index (χ1v) is 7.10. The van der Waals surface area contributed by atoms with Gasteiger partial charge in [-0.25, -0.2) is 5.43 Å². The summed E-state index contributed by atoms with van der Waals surface area (Å²) in [6.07, 6.45) is 2.01. The fraction of sp³-hybridized carbons (Fsp3) is 0.0909. The molecule has 2 N–H and O–H groups in total. The van der Waals surface area contributed by atoms with E-state index >= 15 is 0 Å². The number of carbonyl (C=O) groups excluding carboxylic acids is 1. The van der Waals surface area contributed by atoms with Gasteiger partial charge in [-0.3, -0.25) is 14.9 Å². The third kappa shape index (κ3) is 4.54. The molecule has 0 saturated carbocycles. The van der Waals surface area contributed by atoms with Gasteiger partial charge in [0, 0.05) is 21.2 Å². The number of benzene rings is 1. The molecular weight excluding hydrogens is 406 g/mol. The smallest absolute Gasteiger partial charge is 0.490 e. The predicted molar refractivity (Wildman–Crippen MR) is 84.9 cm³/mol. The topological polar surface area (TPSA) is 179 Å². The van der Waals surface area contributed by atoms with Gasteiger partial charge in [0.15, 0.2) is 0 Å². The summed E-state index contributed by atoms with van der Waals surface area (Å²) in [7, 11) is 0. The monoisotopic (exact) mass is 413 g/mol. The molecular formula is C11H8BrN7O6. The maximum Gasteiger partial charge on any atom is 0.490 e. The van der Waals surface area contributed by atoms with Gasteiger partial charge in [-0.15, -0.1) is 0 Å². The standard InChI is InChI=1S/C11H8BrN7O6/c12-7-1-6(10(21)8(2-7)18(22)23)3-14-15-9(20)4-17-5-13-11(16-17)19(24)25/h1-3,5,21H,4H2,(H,15,20)/b14-3+. The number of nitrogens with one attached hydrogen (secondary N) is 1. The Labute approximate surface area is 146 Å². The number of nitro groups is 2. The lowest BCUT2D eigenvalue weighted by atomic mass is 10.2. The van der Waals surface area contributed by atoms with Crippen molar-refractivity contribution in [2.24, 2.45) is 5.10 Å². The molecule has 0 radical (unpaired) electrons. The molecule has 0 bridgehead atoms. The lowest BCUT2D eigenvalue weighted by molar-refractivity contribution is -0.394. The number of aromatic nitrogens is 3. The molecule has 25 heavy (non-hydrogen) atoms. The fourth-order valence-electron chi connectivity index (χ4n) is 1.64. The van der Waals surface area contributed by atoms with E-state index in [-0.39, 0.29) is 12.1 Å². The quantitative estimate of drug-likeness (QED) is 0.394.